The van der Waals surface area contributed by atoms with Gasteiger partial charge in [0.1, 0.15) is 0 Å². The minimum Gasteiger partial charge on any atom is -0.493 e. The lowest BCUT2D eigenvalue weighted by atomic mass is 10.2. The molecule has 136 valence electrons. The number of carbonyl (C=O) groups is 2. The second-order valence-electron chi connectivity index (χ2n) is 5.10. The number of hydrogen-bond acceptors (Lipinski definition) is 5. The Hall–Kier alpha value is -2.87. The number of rotatable bonds is 7. The second kappa shape index (κ2) is 9.57. The average Bonchev–Trinajstić information content (AvgIpc) is 2.67. The number of amides is 2. The molecule has 0 aliphatic rings. The van der Waals surface area contributed by atoms with Crippen LogP contribution in [0.25, 0.3) is 0 Å². The molecule has 0 saturated heterocycles. The molecular formula is C18H18BrN3O4. The van der Waals surface area contributed by atoms with Crippen molar-refractivity contribution in [3.8, 4) is 11.5 Å². The van der Waals surface area contributed by atoms with E-state index in [1.807, 2.05) is 24.3 Å². The fourth-order valence-electron chi connectivity index (χ4n) is 2.01. The number of halogens is 1. The first-order chi connectivity index (χ1) is 12.5. The zero-order valence-electron chi connectivity index (χ0n) is 14.3. The molecule has 2 rings (SSSR count). The molecule has 0 aliphatic carbocycles. The number of hydrogen-bond donors (Lipinski definition) is 2. The Balaban J connectivity index is 1.84. The van der Waals surface area contributed by atoms with E-state index in [1.165, 1.54) is 26.5 Å². The summed E-state index contributed by atoms with van der Waals surface area (Å²) in [7, 11) is 2.99. The van der Waals surface area contributed by atoms with Crippen molar-refractivity contribution in [3.05, 3.63) is 58.1 Å². The number of hydrazone groups is 1. The van der Waals surface area contributed by atoms with Gasteiger partial charge in [-0.2, -0.15) is 5.10 Å². The molecule has 0 spiro atoms. The number of nitrogens with one attached hydrogen (secondary N) is 2. The third kappa shape index (κ3) is 5.59. The molecule has 7 nitrogen and oxygen atoms in total. The standard InChI is InChI=1S/C18H18BrN3O4/c1-25-15-8-5-13(9-16(15)26-2)18(24)20-11-17(23)22-21-10-12-3-6-14(19)7-4-12/h3-10H,11H2,1-2H3,(H,20,24)(H,22,23)/b21-10+. The van der Waals surface area contributed by atoms with Crippen LogP contribution in [0.3, 0.4) is 0 Å². The van der Waals surface area contributed by atoms with Gasteiger partial charge in [0.2, 0.25) is 0 Å². The first kappa shape index (κ1) is 19.5. The summed E-state index contributed by atoms with van der Waals surface area (Å²) in [6.07, 6.45) is 1.51. The van der Waals surface area contributed by atoms with E-state index in [9.17, 15) is 9.59 Å². The molecule has 0 bridgehead atoms. The molecule has 0 fully saturated rings. The SMILES string of the molecule is COc1ccc(C(=O)NCC(=O)N/N=C/c2ccc(Br)cc2)cc1OC. The van der Waals surface area contributed by atoms with E-state index in [1.54, 1.807) is 12.1 Å². The lowest BCUT2D eigenvalue weighted by Gasteiger charge is -2.09. The van der Waals surface area contributed by atoms with Gasteiger partial charge in [-0.15, -0.1) is 0 Å². The number of benzene rings is 2. The van der Waals surface area contributed by atoms with Crippen molar-refractivity contribution < 1.29 is 19.1 Å². The Morgan fingerprint density at radius 1 is 1.08 bits per heavy atom. The molecule has 2 aromatic carbocycles. The first-order valence-electron chi connectivity index (χ1n) is 7.61. The van der Waals surface area contributed by atoms with Crippen LogP contribution in [0.4, 0.5) is 0 Å². The normalized spacial score (nSPS) is 10.4. The van der Waals surface area contributed by atoms with Crippen molar-refractivity contribution in [3.63, 3.8) is 0 Å². The van der Waals surface area contributed by atoms with Gasteiger partial charge in [-0.25, -0.2) is 5.43 Å². The summed E-state index contributed by atoms with van der Waals surface area (Å²) in [6, 6.07) is 12.2. The first-order valence-corrected chi connectivity index (χ1v) is 8.40. The third-order valence-electron chi connectivity index (χ3n) is 3.33. The van der Waals surface area contributed by atoms with E-state index in [0.717, 1.165) is 10.0 Å². The minimum atomic E-state index is -0.438. The molecule has 0 aliphatic heterocycles. The Morgan fingerprint density at radius 3 is 2.42 bits per heavy atom. The molecule has 0 heterocycles. The number of ether oxygens (including phenoxy) is 2. The Labute approximate surface area is 159 Å². The highest BCUT2D eigenvalue weighted by molar-refractivity contribution is 9.10. The predicted molar refractivity (Wildman–Crippen MR) is 102 cm³/mol. The molecule has 0 saturated carbocycles. The highest BCUT2D eigenvalue weighted by atomic mass is 79.9. The molecule has 0 atom stereocenters. The van der Waals surface area contributed by atoms with Crippen LogP contribution in [0.15, 0.2) is 52.0 Å². The van der Waals surface area contributed by atoms with Crippen molar-refractivity contribution in [1.29, 1.82) is 0 Å². The molecule has 2 amide bonds. The molecule has 2 aromatic rings. The monoisotopic (exact) mass is 419 g/mol. The summed E-state index contributed by atoms with van der Waals surface area (Å²) in [5, 5.41) is 6.36. The summed E-state index contributed by atoms with van der Waals surface area (Å²) in [4.78, 5) is 23.9. The van der Waals surface area contributed by atoms with Gasteiger partial charge in [-0.3, -0.25) is 9.59 Å². The highest BCUT2D eigenvalue weighted by Crippen LogP contribution is 2.27. The molecule has 26 heavy (non-hydrogen) atoms. The van der Waals surface area contributed by atoms with Gasteiger partial charge in [0, 0.05) is 10.0 Å². The van der Waals surface area contributed by atoms with Gasteiger partial charge in [0.25, 0.3) is 11.8 Å². The van der Waals surface area contributed by atoms with Crippen LogP contribution in [0.2, 0.25) is 0 Å². The smallest absolute Gasteiger partial charge is 0.259 e. The van der Waals surface area contributed by atoms with Crippen LogP contribution >= 0.6 is 15.9 Å². The summed E-state index contributed by atoms with van der Waals surface area (Å²) >= 11 is 3.34. The van der Waals surface area contributed by atoms with Crippen LogP contribution in [-0.4, -0.2) is 38.8 Å². The predicted octanol–water partition coefficient (Wildman–Crippen LogP) is 2.35. The third-order valence-corrected chi connectivity index (χ3v) is 3.86. The van der Waals surface area contributed by atoms with Gasteiger partial charge in [0.15, 0.2) is 11.5 Å². The number of methoxy groups -OCH3 is 2. The molecule has 8 heteroatoms. The Kier molecular flexibility index (Phi) is 7.16. The van der Waals surface area contributed by atoms with Crippen LogP contribution in [0, 0.1) is 0 Å². The fraction of sp³-hybridized carbons (Fsp3) is 0.167. The zero-order valence-corrected chi connectivity index (χ0v) is 15.9. The van der Waals surface area contributed by atoms with Crippen molar-refractivity contribution in [2.45, 2.75) is 0 Å². The van der Waals surface area contributed by atoms with Crippen LogP contribution < -0.4 is 20.2 Å². The van der Waals surface area contributed by atoms with Crippen molar-refractivity contribution in [2.75, 3.05) is 20.8 Å². The largest absolute Gasteiger partial charge is 0.493 e. The van der Waals surface area contributed by atoms with Crippen molar-refractivity contribution in [2.24, 2.45) is 5.10 Å². The maximum absolute atomic E-state index is 12.1. The van der Waals surface area contributed by atoms with Crippen LogP contribution in [0.1, 0.15) is 15.9 Å². The second-order valence-corrected chi connectivity index (χ2v) is 6.01. The van der Waals surface area contributed by atoms with E-state index in [-0.39, 0.29) is 6.54 Å². The van der Waals surface area contributed by atoms with Gasteiger partial charge in [0.05, 0.1) is 27.0 Å². The molecule has 2 N–H and O–H groups in total. The average molecular weight is 420 g/mol. The summed E-state index contributed by atoms with van der Waals surface area (Å²) < 4.78 is 11.2. The summed E-state index contributed by atoms with van der Waals surface area (Å²) in [5.74, 6) is 0.109. The highest BCUT2D eigenvalue weighted by Gasteiger charge is 2.11. The van der Waals surface area contributed by atoms with E-state index in [0.29, 0.717) is 17.1 Å². The van der Waals surface area contributed by atoms with Gasteiger partial charge in [-0.1, -0.05) is 28.1 Å². The van der Waals surface area contributed by atoms with Crippen LogP contribution in [0.5, 0.6) is 11.5 Å². The fourth-order valence-corrected chi connectivity index (χ4v) is 2.27. The van der Waals surface area contributed by atoms with E-state index in [2.05, 4.69) is 31.8 Å². The van der Waals surface area contributed by atoms with E-state index >= 15 is 0 Å². The summed E-state index contributed by atoms with van der Waals surface area (Å²) in [6.45, 7) is -0.204. The van der Waals surface area contributed by atoms with E-state index in [4.69, 9.17) is 9.47 Å². The van der Waals surface area contributed by atoms with Crippen LogP contribution in [-0.2, 0) is 4.79 Å². The number of carbonyl (C=O) groups excluding carboxylic acids is 2. The van der Waals surface area contributed by atoms with E-state index < -0.39 is 11.8 Å². The minimum absolute atomic E-state index is 0.204. The topological polar surface area (TPSA) is 89.0 Å². The maximum Gasteiger partial charge on any atom is 0.259 e. The molecule has 0 radical (unpaired) electrons. The van der Waals surface area contributed by atoms with Gasteiger partial charge in [-0.05, 0) is 35.9 Å². The maximum atomic E-state index is 12.1. The summed E-state index contributed by atoms with van der Waals surface area (Å²) in [5.41, 5.74) is 3.54. The van der Waals surface area contributed by atoms with Gasteiger partial charge < -0.3 is 14.8 Å². The Bertz CT molecular complexity index is 807. The lowest BCUT2D eigenvalue weighted by Crippen LogP contribution is -2.34. The van der Waals surface area contributed by atoms with Crippen molar-refractivity contribution in [1.82, 2.24) is 10.7 Å². The molecular weight excluding hydrogens is 402 g/mol. The Morgan fingerprint density at radius 2 is 1.77 bits per heavy atom. The molecule has 0 unspecified atom stereocenters. The zero-order chi connectivity index (χ0) is 18.9. The molecule has 0 aromatic heterocycles. The lowest BCUT2D eigenvalue weighted by molar-refractivity contribution is -0.120. The number of nitrogens with zero attached hydrogens (tertiary/aromatic N) is 1. The quantitative estimate of drug-likeness (QED) is 0.532. The van der Waals surface area contributed by atoms with Crippen molar-refractivity contribution >= 4 is 34.0 Å². The van der Waals surface area contributed by atoms with Gasteiger partial charge >= 0.3 is 0 Å².